The fourth-order valence-electron chi connectivity index (χ4n) is 0.791. The maximum absolute atomic E-state index is 11.0. The lowest BCUT2D eigenvalue weighted by Crippen LogP contribution is -2.44. The van der Waals surface area contributed by atoms with E-state index in [-0.39, 0.29) is 24.2 Å². The molecule has 4 nitrogen and oxygen atoms in total. The van der Waals surface area contributed by atoms with Crippen molar-refractivity contribution in [2.24, 2.45) is 5.73 Å². The Kier molecular flexibility index (Phi) is 4.95. The predicted molar refractivity (Wildman–Crippen MR) is 52.4 cm³/mol. The van der Waals surface area contributed by atoms with Crippen molar-refractivity contribution in [2.45, 2.75) is 39.3 Å². The number of rotatable bonds is 5. The molecule has 0 fully saturated rings. The van der Waals surface area contributed by atoms with E-state index in [2.05, 4.69) is 5.32 Å². The zero-order chi connectivity index (χ0) is 10.5. The fraction of sp³-hybridized carbons (Fsp3) is 0.889. The van der Waals surface area contributed by atoms with Gasteiger partial charge in [0, 0.05) is 12.1 Å². The van der Waals surface area contributed by atoms with E-state index in [1.807, 2.05) is 27.7 Å². The summed E-state index contributed by atoms with van der Waals surface area (Å²) in [6.45, 7) is 8.26. The van der Waals surface area contributed by atoms with Gasteiger partial charge in [-0.2, -0.15) is 0 Å². The van der Waals surface area contributed by atoms with Crippen LogP contribution in [0.15, 0.2) is 0 Å². The largest absolute Gasteiger partial charge is 0.462 e. The summed E-state index contributed by atoms with van der Waals surface area (Å²) in [5.41, 5.74) is 5.41. The number of carbonyl (C=O) groups is 1. The van der Waals surface area contributed by atoms with Crippen molar-refractivity contribution < 1.29 is 9.53 Å². The first kappa shape index (κ1) is 12.4. The summed E-state index contributed by atoms with van der Waals surface area (Å²) in [5.74, 6) is -0.237. The van der Waals surface area contributed by atoms with E-state index in [1.165, 1.54) is 0 Å². The van der Waals surface area contributed by atoms with Gasteiger partial charge in [-0.05, 0) is 27.7 Å². The molecule has 0 aromatic carbocycles. The summed E-state index contributed by atoms with van der Waals surface area (Å²) in [6, 6.07) is 0. The van der Waals surface area contributed by atoms with Gasteiger partial charge in [-0.15, -0.1) is 0 Å². The van der Waals surface area contributed by atoms with Gasteiger partial charge in [0.1, 0.15) is 0 Å². The molecule has 0 radical (unpaired) electrons. The standard InChI is InChI=1S/C9H20N2O2/c1-7(2)13-8(12)5-11-6-9(3,4)10/h7,11H,5-6,10H2,1-4H3. The molecular weight excluding hydrogens is 168 g/mol. The highest BCUT2D eigenvalue weighted by Gasteiger charge is 2.11. The van der Waals surface area contributed by atoms with Gasteiger partial charge in [0.05, 0.1) is 12.6 Å². The second-order valence-electron chi connectivity index (χ2n) is 4.13. The van der Waals surface area contributed by atoms with E-state index in [9.17, 15) is 4.79 Å². The highest BCUT2D eigenvalue weighted by molar-refractivity contribution is 5.71. The molecule has 0 heterocycles. The van der Waals surface area contributed by atoms with Gasteiger partial charge in [-0.1, -0.05) is 0 Å². The molecule has 0 amide bonds. The maximum atomic E-state index is 11.0. The normalized spacial score (nSPS) is 11.8. The zero-order valence-electron chi connectivity index (χ0n) is 8.89. The predicted octanol–water partition coefficient (Wildman–Crippen LogP) is 0.265. The Labute approximate surface area is 79.8 Å². The molecule has 0 saturated carbocycles. The van der Waals surface area contributed by atoms with Crippen LogP contribution < -0.4 is 11.1 Å². The summed E-state index contributed by atoms with van der Waals surface area (Å²) in [4.78, 5) is 11.0. The van der Waals surface area contributed by atoms with E-state index >= 15 is 0 Å². The van der Waals surface area contributed by atoms with Gasteiger partial charge in [0.25, 0.3) is 0 Å². The number of nitrogens with one attached hydrogen (secondary N) is 1. The summed E-state index contributed by atoms with van der Waals surface area (Å²) >= 11 is 0. The summed E-state index contributed by atoms with van der Waals surface area (Å²) in [7, 11) is 0. The molecule has 0 bridgehead atoms. The Morgan fingerprint density at radius 3 is 2.46 bits per heavy atom. The third-order valence-electron chi connectivity index (χ3n) is 1.22. The maximum Gasteiger partial charge on any atom is 0.320 e. The molecule has 0 saturated heterocycles. The molecular formula is C9H20N2O2. The molecule has 0 aliphatic heterocycles. The quantitative estimate of drug-likeness (QED) is 0.608. The minimum absolute atomic E-state index is 0.0554. The van der Waals surface area contributed by atoms with Crippen LogP contribution in [0.25, 0.3) is 0 Å². The molecule has 0 unspecified atom stereocenters. The monoisotopic (exact) mass is 188 g/mol. The van der Waals surface area contributed by atoms with Crippen LogP contribution in [0.1, 0.15) is 27.7 Å². The average Bonchev–Trinajstić information content (AvgIpc) is 1.81. The number of hydrogen-bond donors (Lipinski definition) is 2. The molecule has 0 aromatic heterocycles. The fourth-order valence-corrected chi connectivity index (χ4v) is 0.791. The minimum atomic E-state index is -0.294. The van der Waals surface area contributed by atoms with Crippen molar-refractivity contribution >= 4 is 5.97 Å². The third kappa shape index (κ3) is 9.30. The molecule has 0 rings (SSSR count). The highest BCUT2D eigenvalue weighted by Crippen LogP contribution is 1.93. The lowest BCUT2D eigenvalue weighted by Gasteiger charge is -2.18. The first-order chi connectivity index (χ1) is 5.81. The van der Waals surface area contributed by atoms with Crippen LogP contribution >= 0.6 is 0 Å². The van der Waals surface area contributed by atoms with Crippen molar-refractivity contribution in [3.8, 4) is 0 Å². The van der Waals surface area contributed by atoms with Crippen LogP contribution in [-0.4, -0.2) is 30.7 Å². The summed E-state index contributed by atoms with van der Waals surface area (Å²) < 4.78 is 4.92. The van der Waals surface area contributed by atoms with Gasteiger partial charge in [0.2, 0.25) is 0 Å². The Morgan fingerprint density at radius 1 is 1.54 bits per heavy atom. The van der Waals surface area contributed by atoms with Gasteiger partial charge in [-0.3, -0.25) is 4.79 Å². The molecule has 13 heavy (non-hydrogen) atoms. The Bertz CT molecular complexity index is 161. The molecule has 0 spiro atoms. The Hall–Kier alpha value is -0.610. The van der Waals surface area contributed by atoms with Crippen molar-refractivity contribution in [2.75, 3.05) is 13.1 Å². The average molecular weight is 188 g/mol. The van der Waals surface area contributed by atoms with Gasteiger partial charge < -0.3 is 15.8 Å². The molecule has 78 valence electrons. The second kappa shape index (κ2) is 5.19. The number of esters is 1. The lowest BCUT2D eigenvalue weighted by atomic mass is 10.1. The van der Waals surface area contributed by atoms with Crippen LogP contribution in [0.2, 0.25) is 0 Å². The van der Waals surface area contributed by atoms with Gasteiger partial charge in [0.15, 0.2) is 0 Å². The van der Waals surface area contributed by atoms with Crippen LogP contribution in [-0.2, 0) is 9.53 Å². The number of hydrogen-bond acceptors (Lipinski definition) is 4. The van der Waals surface area contributed by atoms with E-state index in [0.29, 0.717) is 6.54 Å². The third-order valence-corrected chi connectivity index (χ3v) is 1.22. The molecule has 0 aromatic rings. The molecule has 0 aliphatic rings. The molecule has 3 N–H and O–H groups in total. The molecule has 0 aliphatic carbocycles. The van der Waals surface area contributed by atoms with Crippen LogP contribution in [0.5, 0.6) is 0 Å². The molecule has 0 atom stereocenters. The minimum Gasteiger partial charge on any atom is -0.462 e. The molecule has 4 heteroatoms. The van der Waals surface area contributed by atoms with Crippen molar-refractivity contribution in [3.05, 3.63) is 0 Å². The second-order valence-corrected chi connectivity index (χ2v) is 4.13. The first-order valence-electron chi connectivity index (χ1n) is 4.50. The topological polar surface area (TPSA) is 64.3 Å². The van der Waals surface area contributed by atoms with Crippen LogP contribution in [0, 0.1) is 0 Å². The van der Waals surface area contributed by atoms with Crippen molar-refractivity contribution in [1.82, 2.24) is 5.32 Å². The van der Waals surface area contributed by atoms with Gasteiger partial charge in [-0.25, -0.2) is 0 Å². The number of nitrogens with two attached hydrogens (primary N) is 1. The summed E-state index contributed by atoms with van der Waals surface area (Å²) in [5, 5.41) is 2.93. The smallest absolute Gasteiger partial charge is 0.320 e. The highest BCUT2D eigenvalue weighted by atomic mass is 16.5. The van der Waals surface area contributed by atoms with E-state index < -0.39 is 0 Å². The van der Waals surface area contributed by atoms with Crippen molar-refractivity contribution in [1.29, 1.82) is 0 Å². The van der Waals surface area contributed by atoms with E-state index in [1.54, 1.807) is 0 Å². The van der Waals surface area contributed by atoms with Gasteiger partial charge >= 0.3 is 5.97 Å². The Balaban J connectivity index is 3.49. The van der Waals surface area contributed by atoms with Crippen molar-refractivity contribution in [3.63, 3.8) is 0 Å². The number of carbonyl (C=O) groups excluding carboxylic acids is 1. The lowest BCUT2D eigenvalue weighted by molar-refractivity contribution is -0.146. The zero-order valence-corrected chi connectivity index (χ0v) is 8.89. The van der Waals surface area contributed by atoms with Crippen LogP contribution in [0.3, 0.4) is 0 Å². The first-order valence-corrected chi connectivity index (χ1v) is 4.50. The van der Waals surface area contributed by atoms with E-state index in [4.69, 9.17) is 10.5 Å². The van der Waals surface area contributed by atoms with E-state index in [0.717, 1.165) is 0 Å². The number of ether oxygens (including phenoxy) is 1. The van der Waals surface area contributed by atoms with Crippen LogP contribution in [0.4, 0.5) is 0 Å². The summed E-state index contributed by atoms with van der Waals surface area (Å²) in [6.07, 6.45) is -0.0554. The SMILES string of the molecule is CC(C)OC(=O)CNCC(C)(C)N. The Morgan fingerprint density at radius 2 is 2.08 bits per heavy atom.